The fourth-order valence-electron chi connectivity index (χ4n) is 5.33. The zero-order valence-corrected chi connectivity index (χ0v) is 27.0. The SMILES string of the molecule is N#Cc1c(-c2ccc(OCC#Cc3sc(N4CCc5cccc(C(=O)Nc6nc7ccccc7s6)c5C4)nc3OC(=O)O)cc2)n[nH]c1N. The highest BCUT2D eigenvalue weighted by Crippen LogP contribution is 2.35. The molecule has 7 rings (SSSR count). The molecule has 5 N–H and O–H groups in total. The molecule has 13 nitrogen and oxygen atoms in total. The number of benzene rings is 3. The molecule has 4 heterocycles. The number of thiazole rings is 2. The van der Waals surface area contributed by atoms with Crippen molar-refractivity contribution in [3.05, 3.63) is 93.9 Å². The highest BCUT2D eigenvalue weighted by Gasteiger charge is 2.26. The number of aromatic amines is 1. The summed E-state index contributed by atoms with van der Waals surface area (Å²) in [4.78, 5) is 36.2. The van der Waals surface area contributed by atoms with Crippen LogP contribution in [0, 0.1) is 23.2 Å². The molecule has 3 aromatic heterocycles. The number of aromatic nitrogens is 4. The van der Waals surface area contributed by atoms with Crippen LogP contribution in [0.4, 0.5) is 20.9 Å². The molecule has 15 heteroatoms. The molecule has 0 spiro atoms. The predicted octanol–water partition coefficient (Wildman–Crippen LogP) is 5.90. The predicted molar refractivity (Wildman–Crippen MR) is 185 cm³/mol. The van der Waals surface area contributed by atoms with E-state index in [9.17, 15) is 20.0 Å². The van der Waals surface area contributed by atoms with Gasteiger partial charge in [-0.15, -0.1) is 0 Å². The molecular formula is C34H24N8O5S2. The average molecular weight is 689 g/mol. The summed E-state index contributed by atoms with van der Waals surface area (Å²) in [6.07, 6.45) is -0.849. The van der Waals surface area contributed by atoms with Gasteiger partial charge in [-0.1, -0.05) is 52.9 Å². The first-order valence-corrected chi connectivity index (χ1v) is 16.4. The summed E-state index contributed by atoms with van der Waals surface area (Å²) in [6.45, 7) is 0.982. The van der Waals surface area contributed by atoms with Crippen LogP contribution in [0.3, 0.4) is 0 Å². The summed E-state index contributed by atoms with van der Waals surface area (Å²) in [6, 6.07) is 22.3. The molecule has 6 aromatic rings. The highest BCUT2D eigenvalue weighted by atomic mass is 32.1. The summed E-state index contributed by atoms with van der Waals surface area (Å²) in [5.41, 5.74) is 10.4. The van der Waals surface area contributed by atoms with Gasteiger partial charge in [-0.05, 0) is 65.9 Å². The summed E-state index contributed by atoms with van der Waals surface area (Å²) in [5, 5.41) is 29.3. The van der Waals surface area contributed by atoms with E-state index < -0.39 is 6.16 Å². The molecule has 0 saturated carbocycles. The summed E-state index contributed by atoms with van der Waals surface area (Å²) in [7, 11) is 0. The van der Waals surface area contributed by atoms with E-state index in [2.05, 4.69) is 37.3 Å². The van der Waals surface area contributed by atoms with E-state index in [4.69, 9.17) is 15.2 Å². The fourth-order valence-corrected chi connectivity index (χ4v) is 7.09. The van der Waals surface area contributed by atoms with Crippen molar-refractivity contribution in [1.29, 1.82) is 5.26 Å². The number of rotatable bonds is 7. The van der Waals surface area contributed by atoms with Crippen LogP contribution in [-0.4, -0.2) is 50.5 Å². The quantitative estimate of drug-likeness (QED) is 0.115. The second-order valence-corrected chi connectivity index (χ2v) is 12.7. The van der Waals surface area contributed by atoms with Crippen molar-refractivity contribution in [3.63, 3.8) is 0 Å². The van der Waals surface area contributed by atoms with Gasteiger partial charge in [-0.3, -0.25) is 15.2 Å². The van der Waals surface area contributed by atoms with Gasteiger partial charge >= 0.3 is 6.16 Å². The fraction of sp³-hybridized carbons (Fsp3) is 0.118. The Hall–Kier alpha value is -6.42. The molecule has 242 valence electrons. The van der Waals surface area contributed by atoms with Gasteiger partial charge in [0.15, 0.2) is 10.3 Å². The van der Waals surface area contributed by atoms with Crippen LogP contribution in [0.2, 0.25) is 0 Å². The van der Waals surface area contributed by atoms with E-state index in [1.54, 1.807) is 30.3 Å². The molecule has 3 aromatic carbocycles. The van der Waals surface area contributed by atoms with E-state index in [0.717, 1.165) is 21.3 Å². The van der Waals surface area contributed by atoms with Gasteiger partial charge in [0, 0.05) is 24.2 Å². The molecule has 0 unspecified atom stereocenters. The second-order valence-electron chi connectivity index (χ2n) is 10.6. The van der Waals surface area contributed by atoms with Crippen LogP contribution in [0.15, 0.2) is 66.7 Å². The molecule has 1 amide bonds. The number of nitriles is 1. The lowest BCUT2D eigenvalue weighted by Crippen LogP contribution is -2.32. The third-order valence-corrected chi connectivity index (χ3v) is 9.58. The maximum absolute atomic E-state index is 13.4. The molecule has 0 radical (unpaired) electrons. The second kappa shape index (κ2) is 13.4. The lowest BCUT2D eigenvalue weighted by molar-refractivity contribution is 0.102. The van der Waals surface area contributed by atoms with Crippen molar-refractivity contribution in [1.82, 2.24) is 20.2 Å². The Morgan fingerprint density at radius 2 is 1.92 bits per heavy atom. The number of carboxylic acid groups (broad SMARTS) is 1. The van der Waals surface area contributed by atoms with Gasteiger partial charge in [0.25, 0.3) is 11.8 Å². The van der Waals surface area contributed by atoms with Gasteiger partial charge in [0.1, 0.15) is 40.4 Å². The molecule has 0 atom stereocenters. The number of anilines is 3. The normalized spacial score (nSPS) is 12.0. The topological polar surface area (TPSA) is 192 Å². The van der Waals surface area contributed by atoms with Gasteiger partial charge in [0.2, 0.25) is 0 Å². The van der Waals surface area contributed by atoms with Crippen molar-refractivity contribution in [2.45, 2.75) is 13.0 Å². The first kappa shape index (κ1) is 31.2. The minimum absolute atomic E-state index is 0.00209. The highest BCUT2D eigenvalue weighted by molar-refractivity contribution is 7.22. The number of para-hydroxylation sites is 1. The van der Waals surface area contributed by atoms with Crippen LogP contribution >= 0.6 is 22.7 Å². The third-order valence-electron chi connectivity index (χ3n) is 7.62. The van der Waals surface area contributed by atoms with Crippen LogP contribution in [0.25, 0.3) is 21.5 Å². The number of amides is 1. The number of fused-ring (bicyclic) bond motifs is 2. The zero-order chi connectivity index (χ0) is 33.9. The Morgan fingerprint density at radius 3 is 2.71 bits per heavy atom. The monoisotopic (exact) mass is 688 g/mol. The lowest BCUT2D eigenvalue weighted by atomic mass is 9.94. The standard InChI is InChI=1S/C34H24N8O5S2/c35-17-23-28(40-41-29(23)36)20-10-12-21(13-11-20)46-16-4-9-27-31(47-34(44)45)39-33(49-27)42-15-14-19-5-3-6-22(24(19)18-42)30(43)38-32-37-25-7-1-2-8-26(25)48-32/h1-3,5-8,10-13H,14-16,18H2,(H,44,45)(H3,36,40,41)(H,37,38,43). The Bertz CT molecular complexity index is 2300. The maximum Gasteiger partial charge on any atom is 0.512 e. The first-order valence-electron chi connectivity index (χ1n) is 14.8. The van der Waals surface area contributed by atoms with Crippen molar-refractivity contribution < 1.29 is 24.2 Å². The number of carbonyl (C=O) groups excluding carboxylic acids is 1. The number of hydrogen-bond acceptors (Lipinski definition) is 12. The smallest absolute Gasteiger partial charge is 0.481 e. The number of H-pyrrole nitrogens is 1. The summed E-state index contributed by atoms with van der Waals surface area (Å²) >= 11 is 2.61. The number of ether oxygens (including phenoxy) is 2. The molecule has 0 saturated heterocycles. The minimum atomic E-state index is -1.51. The number of nitrogens with two attached hydrogens (primary N) is 1. The van der Waals surface area contributed by atoms with Gasteiger partial charge in [-0.2, -0.15) is 15.3 Å². The Morgan fingerprint density at radius 1 is 1.08 bits per heavy atom. The summed E-state index contributed by atoms with van der Waals surface area (Å²) in [5.74, 6) is 6.16. The Labute approximate surface area is 286 Å². The van der Waals surface area contributed by atoms with Gasteiger partial charge in [0.05, 0.1) is 10.2 Å². The van der Waals surface area contributed by atoms with Crippen LogP contribution in [0.5, 0.6) is 11.6 Å². The number of carbonyl (C=O) groups is 2. The van der Waals surface area contributed by atoms with Gasteiger partial charge in [-0.25, -0.2) is 9.78 Å². The van der Waals surface area contributed by atoms with E-state index >= 15 is 0 Å². The third kappa shape index (κ3) is 6.57. The van der Waals surface area contributed by atoms with Crippen LogP contribution in [-0.2, 0) is 13.0 Å². The largest absolute Gasteiger partial charge is 0.512 e. The van der Waals surface area contributed by atoms with Crippen molar-refractivity contribution >= 4 is 61.0 Å². The number of hydrogen-bond donors (Lipinski definition) is 4. The lowest BCUT2D eigenvalue weighted by Gasteiger charge is -2.29. The van der Waals surface area contributed by atoms with Crippen molar-refractivity contribution in [3.8, 4) is 40.8 Å². The number of nitrogens with zero attached hydrogens (tertiary/aromatic N) is 5. The molecule has 0 aliphatic carbocycles. The number of nitrogens with one attached hydrogen (secondary N) is 2. The molecule has 0 bridgehead atoms. The van der Waals surface area contributed by atoms with E-state index in [1.165, 1.54) is 22.7 Å². The molecular weight excluding hydrogens is 665 g/mol. The molecule has 49 heavy (non-hydrogen) atoms. The zero-order valence-electron chi connectivity index (χ0n) is 25.4. The minimum Gasteiger partial charge on any atom is -0.481 e. The first-order chi connectivity index (χ1) is 23.9. The van der Waals surface area contributed by atoms with E-state index in [0.29, 0.717) is 57.2 Å². The van der Waals surface area contributed by atoms with Crippen LogP contribution in [0.1, 0.15) is 31.9 Å². The Balaban J connectivity index is 1.05. The molecule has 1 aliphatic heterocycles. The van der Waals surface area contributed by atoms with E-state index in [1.807, 2.05) is 47.4 Å². The Kier molecular flexibility index (Phi) is 8.51. The van der Waals surface area contributed by atoms with E-state index in [-0.39, 0.29) is 29.8 Å². The summed E-state index contributed by atoms with van der Waals surface area (Å²) < 4.78 is 11.7. The van der Waals surface area contributed by atoms with Crippen LogP contribution < -0.4 is 25.4 Å². The van der Waals surface area contributed by atoms with Crippen molar-refractivity contribution in [2.75, 3.05) is 29.1 Å². The van der Waals surface area contributed by atoms with Crippen molar-refractivity contribution in [2.24, 2.45) is 0 Å². The number of nitrogen functional groups attached to an aromatic ring is 1. The molecule has 0 fully saturated rings. The van der Waals surface area contributed by atoms with Gasteiger partial charge < -0.3 is 25.2 Å². The maximum atomic E-state index is 13.4. The molecule has 1 aliphatic rings. The average Bonchev–Trinajstić information content (AvgIpc) is 3.82.